The van der Waals surface area contributed by atoms with Gasteiger partial charge >= 0.3 is 6.36 Å². The molecule has 4 rings (SSSR count). The van der Waals surface area contributed by atoms with Gasteiger partial charge in [-0.25, -0.2) is 0 Å². The highest BCUT2D eigenvalue weighted by Gasteiger charge is 2.58. The number of halogens is 3. The molecule has 8 nitrogen and oxygen atoms in total. The van der Waals surface area contributed by atoms with E-state index in [2.05, 4.69) is 15.4 Å². The molecule has 1 aromatic rings. The highest BCUT2D eigenvalue weighted by molar-refractivity contribution is 7.80. The highest BCUT2D eigenvalue weighted by Crippen LogP contribution is 2.40. The van der Waals surface area contributed by atoms with Crippen LogP contribution < -0.4 is 15.4 Å². The third kappa shape index (κ3) is 5.43. The average Bonchev–Trinajstić information content (AvgIpc) is 3.25. The molecule has 0 spiro atoms. The molecule has 0 aromatic heterocycles. The Morgan fingerprint density at radius 1 is 1.03 bits per heavy atom. The zero-order chi connectivity index (χ0) is 23.3. The summed E-state index contributed by atoms with van der Waals surface area (Å²) in [6.45, 7) is 7.55. The first-order valence-electron chi connectivity index (χ1n) is 10.1. The number of nitrogens with one attached hydrogen (secondary N) is 2. The van der Waals surface area contributed by atoms with Gasteiger partial charge in [-0.15, -0.1) is 13.2 Å². The summed E-state index contributed by atoms with van der Waals surface area (Å²) in [6, 6.07) is 4.82. The Balaban J connectivity index is 1.43. The van der Waals surface area contributed by atoms with Crippen LogP contribution in [0.25, 0.3) is 0 Å². The van der Waals surface area contributed by atoms with Crippen LogP contribution >= 0.6 is 12.2 Å². The third-order valence-electron chi connectivity index (χ3n) is 5.13. The summed E-state index contributed by atoms with van der Waals surface area (Å²) >= 11 is 5.43. The van der Waals surface area contributed by atoms with Crippen LogP contribution in [-0.4, -0.2) is 60.3 Å². The molecule has 12 heteroatoms. The number of hydrogen-bond donors (Lipinski definition) is 2. The third-order valence-corrected chi connectivity index (χ3v) is 5.35. The van der Waals surface area contributed by atoms with Crippen molar-refractivity contribution in [2.75, 3.05) is 11.9 Å². The molecule has 3 fully saturated rings. The number of thiocarbonyl (C=S) groups is 1. The second-order valence-corrected chi connectivity index (χ2v) is 9.04. The topological polar surface area (TPSA) is 79.4 Å². The zero-order valence-electron chi connectivity index (χ0n) is 17.9. The van der Waals surface area contributed by atoms with Gasteiger partial charge in [-0.1, -0.05) is 0 Å². The minimum absolute atomic E-state index is 0.236. The summed E-state index contributed by atoms with van der Waals surface area (Å²) in [5.41, 5.74) is 0.481. The summed E-state index contributed by atoms with van der Waals surface area (Å²) in [7, 11) is 0. The molecule has 0 aliphatic carbocycles. The fraction of sp³-hybridized carbons (Fsp3) is 0.650. The predicted molar refractivity (Wildman–Crippen MR) is 110 cm³/mol. The fourth-order valence-corrected chi connectivity index (χ4v) is 4.21. The number of rotatable bonds is 4. The molecule has 32 heavy (non-hydrogen) atoms. The van der Waals surface area contributed by atoms with Gasteiger partial charge in [0, 0.05) is 5.69 Å². The molecule has 3 saturated heterocycles. The van der Waals surface area contributed by atoms with Gasteiger partial charge in [-0.05, 0) is 64.2 Å². The molecule has 3 aliphatic rings. The SMILES string of the molecule is CC1(C)OCC([C@H]2O[C@@H]3OC(C)(C)O[C@@H]3[C@@H]2NC(=S)Nc2ccc(OC(F)(F)F)cc2)O1. The first kappa shape index (κ1) is 23.5. The van der Waals surface area contributed by atoms with Gasteiger partial charge in [0.2, 0.25) is 0 Å². The van der Waals surface area contributed by atoms with E-state index in [1.165, 1.54) is 24.3 Å². The molecular formula is C20H25F3N2O6S. The first-order valence-corrected chi connectivity index (χ1v) is 10.5. The lowest BCUT2D eigenvalue weighted by atomic mass is 10.0. The Labute approximate surface area is 188 Å². The maximum absolute atomic E-state index is 12.3. The highest BCUT2D eigenvalue weighted by atomic mass is 32.1. The van der Waals surface area contributed by atoms with E-state index < -0.39 is 42.5 Å². The van der Waals surface area contributed by atoms with E-state index in [1.54, 1.807) is 13.8 Å². The van der Waals surface area contributed by atoms with Gasteiger partial charge in [0.25, 0.3) is 0 Å². The van der Waals surface area contributed by atoms with Crippen molar-refractivity contribution < 1.29 is 41.6 Å². The first-order chi connectivity index (χ1) is 14.8. The molecule has 178 valence electrons. The summed E-state index contributed by atoms with van der Waals surface area (Å²) < 4.78 is 70.5. The molecular weight excluding hydrogens is 453 g/mol. The summed E-state index contributed by atoms with van der Waals surface area (Å²) in [4.78, 5) is 0. The lowest BCUT2D eigenvalue weighted by Crippen LogP contribution is -2.53. The van der Waals surface area contributed by atoms with Gasteiger partial charge in [-0.2, -0.15) is 0 Å². The minimum atomic E-state index is -4.75. The van der Waals surface area contributed by atoms with Crippen molar-refractivity contribution in [1.29, 1.82) is 0 Å². The molecule has 3 aliphatic heterocycles. The Morgan fingerprint density at radius 2 is 1.72 bits per heavy atom. The zero-order valence-corrected chi connectivity index (χ0v) is 18.7. The predicted octanol–water partition coefficient (Wildman–Crippen LogP) is 3.27. The van der Waals surface area contributed by atoms with E-state index in [1.807, 2.05) is 13.8 Å². The molecule has 0 amide bonds. The van der Waals surface area contributed by atoms with Gasteiger partial charge < -0.3 is 39.1 Å². The van der Waals surface area contributed by atoms with Gasteiger partial charge in [0.1, 0.15) is 24.1 Å². The van der Waals surface area contributed by atoms with E-state index in [9.17, 15) is 13.2 Å². The number of ether oxygens (including phenoxy) is 6. The van der Waals surface area contributed by atoms with Gasteiger partial charge in [0.05, 0.1) is 12.6 Å². The van der Waals surface area contributed by atoms with Crippen LogP contribution in [0.15, 0.2) is 24.3 Å². The van der Waals surface area contributed by atoms with Crippen LogP contribution in [0.4, 0.5) is 18.9 Å². The fourth-order valence-electron chi connectivity index (χ4n) is 3.95. The Bertz CT molecular complexity index is 851. The van der Waals surface area contributed by atoms with Crippen molar-refractivity contribution >= 4 is 23.0 Å². The minimum Gasteiger partial charge on any atom is -0.406 e. The molecule has 1 unspecified atom stereocenters. The molecule has 2 N–H and O–H groups in total. The van der Waals surface area contributed by atoms with Crippen LogP contribution in [0.5, 0.6) is 5.75 Å². The molecule has 0 bridgehead atoms. The van der Waals surface area contributed by atoms with Crippen LogP contribution in [0.2, 0.25) is 0 Å². The monoisotopic (exact) mass is 478 g/mol. The van der Waals surface area contributed by atoms with Crippen molar-refractivity contribution in [3.05, 3.63) is 24.3 Å². The number of hydrogen-bond acceptors (Lipinski definition) is 7. The Kier molecular flexibility index (Phi) is 6.06. The molecule has 0 saturated carbocycles. The van der Waals surface area contributed by atoms with Crippen molar-refractivity contribution in [3.63, 3.8) is 0 Å². The van der Waals surface area contributed by atoms with E-state index in [0.717, 1.165) is 0 Å². The van der Waals surface area contributed by atoms with Crippen molar-refractivity contribution in [3.8, 4) is 5.75 Å². The molecule has 1 aromatic carbocycles. The quantitative estimate of drug-likeness (QED) is 0.634. The number of fused-ring (bicyclic) bond motifs is 1. The number of alkyl halides is 3. The van der Waals surface area contributed by atoms with Crippen LogP contribution in [0, 0.1) is 0 Å². The Hall–Kier alpha value is -1.70. The van der Waals surface area contributed by atoms with E-state index in [4.69, 9.17) is 35.9 Å². The second-order valence-electron chi connectivity index (χ2n) is 8.63. The van der Waals surface area contributed by atoms with Crippen LogP contribution in [0.1, 0.15) is 27.7 Å². The van der Waals surface area contributed by atoms with Crippen molar-refractivity contribution in [1.82, 2.24) is 5.32 Å². The van der Waals surface area contributed by atoms with Crippen molar-refractivity contribution in [2.45, 2.75) is 76.3 Å². The van der Waals surface area contributed by atoms with E-state index >= 15 is 0 Å². The summed E-state index contributed by atoms with van der Waals surface area (Å²) in [5, 5.41) is 6.37. The van der Waals surface area contributed by atoms with Gasteiger partial charge in [-0.3, -0.25) is 0 Å². The standard InChI is InChI=1S/C20H25F3N2O6S/c1-18(2)26-9-12(29-18)14-13(15-16(27-14)31-19(3,4)30-15)25-17(32)24-10-5-7-11(8-6-10)28-20(21,22)23/h5-8,12-16H,9H2,1-4H3,(H2,24,25,32)/t12?,13-,14-,15-,16-/m1/s1. The molecule has 3 heterocycles. The summed E-state index contributed by atoms with van der Waals surface area (Å²) in [5.74, 6) is -1.89. The normalized spacial score (nSPS) is 33.0. The van der Waals surface area contributed by atoms with Crippen molar-refractivity contribution in [2.24, 2.45) is 0 Å². The molecule has 0 radical (unpaired) electrons. The molecule has 5 atom stereocenters. The number of anilines is 1. The van der Waals surface area contributed by atoms with E-state index in [-0.39, 0.29) is 17.0 Å². The smallest absolute Gasteiger partial charge is 0.406 e. The van der Waals surface area contributed by atoms with Crippen LogP contribution in [0.3, 0.4) is 0 Å². The van der Waals surface area contributed by atoms with E-state index in [0.29, 0.717) is 12.3 Å². The largest absolute Gasteiger partial charge is 0.573 e. The maximum atomic E-state index is 12.3. The maximum Gasteiger partial charge on any atom is 0.573 e. The second kappa shape index (κ2) is 8.26. The Morgan fingerprint density at radius 3 is 2.31 bits per heavy atom. The average molecular weight is 478 g/mol. The number of benzene rings is 1. The summed E-state index contributed by atoms with van der Waals surface area (Å²) in [6.07, 6.45) is -6.65. The lowest BCUT2D eigenvalue weighted by molar-refractivity contribution is -0.274. The lowest BCUT2D eigenvalue weighted by Gasteiger charge is -2.30. The van der Waals surface area contributed by atoms with Crippen LogP contribution in [-0.2, 0) is 23.7 Å². The van der Waals surface area contributed by atoms with Gasteiger partial charge in [0.15, 0.2) is 23.0 Å².